The summed E-state index contributed by atoms with van der Waals surface area (Å²) in [4.78, 5) is 24.5. The first-order valence-corrected chi connectivity index (χ1v) is 10.5. The predicted molar refractivity (Wildman–Crippen MR) is 120 cm³/mol. The number of nitrogens with zero attached hydrogens (tertiary/aromatic N) is 1. The number of rotatable bonds is 7. The maximum absolute atomic E-state index is 12.5. The molecule has 2 aromatic carbocycles. The SMILES string of the molecule is COC(=O)CCc1c(-c2ccccc2Cl)c(C(N)=O)c(C)n1Cc1ccc2c(c1)OCO2. The van der Waals surface area contributed by atoms with Gasteiger partial charge >= 0.3 is 5.97 Å². The van der Waals surface area contributed by atoms with Crippen molar-refractivity contribution in [2.45, 2.75) is 26.3 Å². The molecule has 1 aliphatic rings. The smallest absolute Gasteiger partial charge is 0.305 e. The third kappa shape index (κ3) is 4.03. The molecule has 1 aromatic heterocycles. The van der Waals surface area contributed by atoms with E-state index in [0.29, 0.717) is 51.9 Å². The molecule has 0 unspecified atom stereocenters. The van der Waals surface area contributed by atoms with Gasteiger partial charge in [0, 0.05) is 34.1 Å². The standard InChI is InChI=1S/C24H23ClN2O5/c1-14-22(24(26)29)23(16-5-3-4-6-17(16)25)18(8-10-21(28)30-2)27(14)12-15-7-9-19-20(11-15)32-13-31-19/h3-7,9,11H,8,10,12-13H2,1-2H3,(H2,26,29). The normalized spacial score (nSPS) is 12.1. The Morgan fingerprint density at radius 1 is 1.16 bits per heavy atom. The Morgan fingerprint density at radius 3 is 2.62 bits per heavy atom. The summed E-state index contributed by atoms with van der Waals surface area (Å²) in [5.41, 5.74) is 9.97. The molecule has 0 atom stereocenters. The van der Waals surface area contributed by atoms with Gasteiger partial charge in [0.25, 0.3) is 5.91 Å². The third-order valence-electron chi connectivity index (χ3n) is 5.59. The number of fused-ring (bicyclic) bond motifs is 1. The van der Waals surface area contributed by atoms with Crippen LogP contribution in [0.2, 0.25) is 5.02 Å². The molecule has 4 rings (SSSR count). The van der Waals surface area contributed by atoms with Crippen molar-refractivity contribution < 1.29 is 23.8 Å². The summed E-state index contributed by atoms with van der Waals surface area (Å²) in [6.45, 7) is 2.48. The third-order valence-corrected chi connectivity index (χ3v) is 5.92. The highest BCUT2D eigenvalue weighted by Crippen LogP contribution is 2.38. The molecule has 0 radical (unpaired) electrons. The lowest BCUT2D eigenvalue weighted by Gasteiger charge is -2.14. The van der Waals surface area contributed by atoms with Crippen LogP contribution in [-0.2, 0) is 22.5 Å². The van der Waals surface area contributed by atoms with Crippen molar-refractivity contribution in [1.29, 1.82) is 0 Å². The molecular weight excluding hydrogens is 432 g/mol. The maximum atomic E-state index is 12.5. The molecule has 1 aliphatic heterocycles. The van der Waals surface area contributed by atoms with Gasteiger partial charge in [0.2, 0.25) is 6.79 Å². The molecule has 8 heteroatoms. The molecule has 0 saturated carbocycles. The van der Waals surface area contributed by atoms with Crippen LogP contribution in [0.15, 0.2) is 42.5 Å². The molecule has 0 fully saturated rings. The molecule has 0 aliphatic carbocycles. The van der Waals surface area contributed by atoms with E-state index < -0.39 is 5.91 Å². The average molecular weight is 455 g/mol. The summed E-state index contributed by atoms with van der Waals surface area (Å²) < 4.78 is 17.7. The van der Waals surface area contributed by atoms with Crippen molar-refractivity contribution in [3.63, 3.8) is 0 Å². The zero-order chi connectivity index (χ0) is 22.8. The van der Waals surface area contributed by atoms with Gasteiger partial charge in [-0.3, -0.25) is 9.59 Å². The van der Waals surface area contributed by atoms with Crippen molar-refractivity contribution in [2.75, 3.05) is 13.9 Å². The number of halogens is 1. The average Bonchev–Trinajstić information content (AvgIpc) is 3.35. The van der Waals surface area contributed by atoms with E-state index in [9.17, 15) is 9.59 Å². The Hall–Kier alpha value is -3.45. The van der Waals surface area contributed by atoms with Crippen LogP contribution in [-0.4, -0.2) is 30.3 Å². The fourth-order valence-corrected chi connectivity index (χ4v) is 4.30. The zero-order valence-corrected chi connectivity index (χ0v) is 18.6. The van der Waals surface area contributed by atoms with Gasteiger partial charge in [0.15, 0.2) is 11.5 Å². The van der Waals surface area contributed by atoms with E-state index in [2.05, 4.69) is 0 Å². The second-order valence-corrected chi connectivity index (χ2v) is 7.88. The molecule has 1 amide bonds. The van der Waals surface area contributed by atoms with Crippen LogP contribution in [0, 0.1) is 6.92 Å². The number of aromatic nitrogens is 1. The highest BCUT2D eigenvalue weighted by Gasteiger charge is 2.27. The number of primary amides is 1. The number of carbonyl (C=O) groups excluding carboxylic acids is 2. The Morgan fingerprint density at radius 2 is 1.91 bits per heavy atom. The van der Waals surface area contributed by atoms with Gasteiger partial charge in [-0.05, 0) is 37.1 Å². The van der Waals surface area contributed by atoms with Crippen LogP contribution in [0.4, 0.5) is 0 Å². The van der Waals surface area contributed by atoms with E-state index in [0.717, 1.165) is 11.3 Å². The van der Waals surface area contributed by atoms with Crippen LogP contribution in [0.25, 0.3) is 11.1 Å². The first kappa shape index (κ1) is 21.8. The van der Waals surface area contributed by atoms with Gasteiger partial charge in [-0.1, -0.05) is 35.9 Å². The number of esters is 1. The van der Waals surface area contributed by atoms with Gasteiger partial charge in [-0.2, -0.15) is 0 Å². The van der Waals surface area contributed by atoms with Crippen molar-refractivity contribution in [2.24, 2.45) is 5.73 Å². The Kier molecular flexibility index (Phi) is 6.10. The first-order chi connectivity index (χ1) is 15.4. The number of ether oxygens (including phenoxy) is 3. The number of amides is 1. The minimum absolute atomic E-state index is 0.150. The quantitative estimate of drug-likeness (QED) is 0.542. The van der Waals surface area contributed by atoms with E-state index in [4.69, 9.17) is 31.5 Å². The van der Waals surface area contributed by atoms with E-state index in [1.165, 1.54) is 7.11 Å². The van der Waals surface area contributed by atoms with Crippen LogP contribution in [0.3, 0.4) is 0 Å². The second-order valence-electron chi connectivity index (χ2n) is 7.48. The van der Waals surface area contributed by atoms with Crippen LogP contribution in [0.1, 0.15) is 33.7 Å². The Labute approximate surface area is 190 Å². The van der Waals surface area contributed by atoms with Crippen LogP contribution < -0.4 is 15.2 Å². The van der Waals surface area contributed by atoms with Crippen molar-refractivity contribution >= 4 is 23.5 Å². The summed E-state index contributed by atoms with van der Waals surface area (Å²) in [7, 11) is 1.35. The maximum Gasteiger partial charge on any atom is 0.305 e. The highest BCUT2D eigenvalue weighted by molar-refractivity contribution is 6.33. The van der Waals surface area contributed by atoms with Gasteiger partial charge in [0.1, 0.15) is 0 Å². The number of hydrogen-bond acceptors (Lipinski definition) is 5. The van der Waals surface area contributed by atoms with Crippen LogP contribution >= 0.6 is 11.6 Å². The zero-order valence-electron chi connectivity index (χ0n) is 17.8. The number of carbonyl (C=O) groups is 2. The fourth-order valence-electron chi connectivity index (χ4n) is 4.07. The van der Waals surface area contributed by atoms with Crippen molar-refractivity contribution in [1.82, 2.24) is 4.57 Å². The molecule has 7 nitrogen and oxygen atoms in total. The molecule has 166 valence electrons. The molecule has 0 saturated heterocycles. The summed E-state index contributed by atoms with van der Waals surface area (Å²) in [6, 6.07) is 13.0. The summed E-state index contributed by atoms with van der Waals surface area (Å²) >= 11 is 6.50. The fraction of sp³-hybridized carbons (Fsp3) is 0.250. The van der Waals surface area contributed by atoms with E-state index in [1.54, 1.807) is 6.07 Å². The lowest BCUT2D eigenvalue weighted by Crippen LogP contribution is -2.13. The van der Waals surface area contributed by atoms with Gasteiger partial charge in [0.05, 0.1) is 19.1 Å². The Balaban J connectivity index is 1.87. The van der Waals surface area contributed by atoms with Crippen molar-refractivity contribution in [3.8, 4) is 22.6 Å². The number of nitrogens with two attached hydrogens (primary N) is 1. The van der Waals surface area contributed by atoms with E-state index in [1.807, 2.05) is 47.9 Å². The molecule has 2 N–H and O–H groups in total. The van der Waals surface area contributed by atoms with Crippen LogP contribution in [0.5, 0.6) is 11.5 Å². The van der Waals surface area contributed by atoms with Gasteiger partial charge in [-0.25, -0.2) is 0 Å². The Bertz CT molecular complexity index is 1200. The largest absolute Gasteiger partial charge is 0.469 e. The summed E-state index contributed by atoms with van der Waals surface area (Å²) in [5.74, 6) is 0.466. The predicted octanol–water partition coefficient (Wildman–Crippen LogP) is 4.10. The van der Waals surface area contributed by atoms with E-state index in [-0.39, 0.29) is 19.2 Å². The number of benzene rings is 2. The van der Waals surface area contributed by atoms with E-state index >= 15 is 0 Å². The molecule has 3 aromatic rings. The summed E-state index contributed by atoms with van der Waals surface area (Å²) in [5, 5.41) is 0.495. The summed E-state index contributed by atoms with van der Waals surface area (Å²) in [6.07, 6.45) is 0.503. The first-order valence-electron chi connectivity index (χ1n) is 10.1. The monoisotopic (exact) mass is 454 g/mol. The highest BCUT2D eigenvalue weighted by atomic mass is 35.5. The second kappa shape index (κ2) is 8.96. The molecule has 0 bridgehead atoms. The topological polar surface area (TPSA) is 92.8 Å². The van der Waals surface area contributed by atoms with Gasteiger partial charge < -0.3 is 24.5 Å². The molecule has 2 heterocycles. The molecule has 32 heavy (non-hydrogen) atoms. The lowest BCUT2D eigenvalue weighted by atomic mass is 9.98. The lowest BCUT2D eigenvalue weighted by molar-refractivity contribution is -0.140. The number of methoxy groups -OCH3 is 1. The number of hydrogen-bond donors (Lipinski definition) is 1. The molecular formula is C24H23ClN2O5. The van der Waals surface area contributed by atoms with Crippen molar-refractivity contribution in [3.05, 3.63) is 70.0 Å². The van der Waals surface area contributed by atoms with Gasteiger partial charge in [-0.15, -0.1) is 0 Å². The minimum Gasteiger partial charge on any atom is -0.469 e. The molecule has 0 spiro atoms. The minimum atomic E-state index is -0.554.